The first-order chi connectivity index (χ1) is 7.74. The summed E-state index contributed by atoms with van der Waals surface area (Å²) in [5, 5.41) is 2.68. The van der Waals surface area contributed by atoms with Crippen molar-refractivity contribution in [1.82, 2.24) is 9.88 Å². The van der Waals surface area contributed by atoms with E-state index in [1.165, 1.54) is 0 Å². The molecule has 0 radical (unpaired) electrons. The molecule has 0 unspecified atom stereocenters. The van der Waals surface area contributed by atoms with E-state index in [1.807, 2.05) is 7.05 Å². The van der Waals surface area contributed by atoms with Crippen molar-refractivity contribution in [3.8, 4) is 0 Å². The molecule has 0 saturated carbocycles. The molecule has 0 spiro atoms. The Hall–Kier alpha value is -1.75. The fourth-order valence-corrected chi connectivity index (χ4v) is 1.61. The van der Waals surface area contributed by atoms with Gasteiger partial charge in [-0.05, 0) is 25.6 Å². The number of hydrogen-bond donors (Lipinski definition) is 1. The van der Waals surface area contributed by atoms with E-state index in [0.717, 1.165) is 25.2 Å². The normalized spacial score (nSPS) is 18.9. The van der Waals surface area contributed by atoms with Crippen LogP contribution in [0.3, 0.4) is 0 Å². The minimum absolute atomic E-state index is 0.321. The third kappa shape index (κ3) is 2.87. The summed E-state index contributed by atoms with van der Waals surface area (Å²) in [4.78, 5) is 21.6. The van der Waals surface area contributed by atoms with Crippen molar-refractivity contribution in [2.75, 3.05) is 25.5 Å². The van der Waals surface area contributed by atoms with Crippen LogP contribution in [0.15, 0.2) is 29.5 Å². The number of hydrogen-bond acceptors (Lipinski definition) is 3. The van der Waals surface area contributed by atoms with Crippen LogP contribution in [-0.2, 0) is 0 Å². The van der Waals surface area contributed by atoms with Gasteiger partial charge in [-0.15, -0.1) is 0 Å². The summed E-state index contributed by atoms with van der Waals surface area (Å²) in [5.41, 5.74) is 1.60. The highest BCUT2D eigenvalue weighted by atomic mass is 16.2. The molecule has 2 rings (SSSR count). The molecule has 5 heteroatoms. The molecular weight excluding hydrogens is 204 g/mol. The molecule has 1 saturated heterocycles. The van der Waals surface area contributed by atoms with E-state index in [0.29, 0.717) is 5.69 Å². The smallest absolute Gasteiger partial charge is 0.305 e. The van der Waals surface area contributed by atoms with Crippen LogP contribution in [0.25, 0.3) is 0 Å². The summed E-state index contributed by atoms with van der Waals surface area (Å²) < 4.78 is 0. The first-order valence-corrected chi connectivity index (χ1v) is 5.20. The van der Waals surface area contributed by atoms with Crippen molar-refractivity contribution in [3.63, 3.8) is 0 Å². The van der Waals surface area contributed by atoms with E-state index in [9.17, 15) is 4.79 Å². The van der Waals surface area contributed by atoms with Gasteiger partial charge >= 0.3 is 6.03 Å². The molecule has 84 valence electrons. The molecule has 1 fully saturated rings. The molecule has 0 aromatic carbocycles. The summed E-state index contributed by atoms with van der Waals surface area (Å²) >= 11 is 0. The number of carbonyl (C=O) groups excluding carboxylic acids is 1. The number of aromatic nitrogens is 1. The zero-order valence-corrected chi connectivity index (χ0v) is 9.18. The summed E-state index contributed by atoms with van der Waals surface area (Å²) in [5.74, 6) is 0. The Bertz CT molecular complexity index is 402. The summed E-state index contributed by atoms with van der Waals surface area (Å²) in [6, 6.07) is 3.23. The molecule has 1 aromatic rings. The third-order valence-electron chi connectivity index (χ3n) is 2.41. The minimum atomic E-state index is -0.321. The highest BCUT2D eigenvalue weighted by molar-refractivity contribution is 6.02. The van der Waals surface area contributed by atoms with Crippen molar-refractivity contribution in [3.05, 3.63) is 24.5 Å². The van der Waals surface area contributed by atoms with E-state index < -0.39 is 0 Å². The average molecular weight is 218 g/mol. The maximum atomic E-state index is 11.5. The van der Waals surface area contributed by atoms with Crippen LogP contribution in [0.4, 0.5) is 10.5 Å². The molecule has 1 aliphatic rings. The molecule has 1 N–H and O–H groups in total. The van der Waals surface area contributed by atoms with Crippen molar-refractivity contribution < 1.29 is 4.79 Å². The van der Waals surface area contributed by atoms with Gasteiger partial charge in [-0.2, -0.15) is 0 Å². The molecule has 0 atom stereocenters. The molecule has 0 aliphatic carbocycles. The number of aliphatic imine (C=N–C) groups is 1. The van der Waals surface area contributed by atoms with Crippen LogP contribution >= 0.6 is 0 Å². The first-order valence-electron chi connectivity index (χ1n) is 5.20. The predicted molar refractivity (Wildman–Crippen MR) is 62.8 cm³/mol. The number of pyridine rings is 1. The lowest BCUT2D eigenvalue weighted by molar-refractivity contribution is 0.259. The highest BCUT2D eigenvalue weighted by Crippen LogP contribution is 2.06. The van der Waals surface area contributed by atoms with E-state index in [4.69, 9.17) is 0 Å². The number of likely N-dealkylation sites (tertiary alicyclic amines) is 1. The van der Waals surface area contributed by atoms with Gasteiger partial charge in [0.25, 0.3) is 0 Å². The standard InChI is InChI=1S/C11H14N4O/c1-15-6-4-10(8-15)14-11(16)13-9-3-2-5-12-7-9/h2-3,5,7H,4,6,8H2,1H3,(H,13,16). The first kappa shape index (κ1) is 10.8. The minimum Gasteiger partial charge on any atom is -0.305 e. The lowest BCUT2D eigenvalue weighted by atomic mass is 10.3. The molecule has 2 heterocycles. The number of rotatable bonds is 1. The lowest BCUT2D eigenvalue weighted by Crippen LogP contribution is -2.15. The van der Waals surface area contributed by atoms with Gasteiger partial charge in [-0.25, -0.2) is 9.79 Å². The third-order valence-corrected chi connectivity index (χ3v) is 2.41. The number of anilines is 1. The average Bonchev–Trinajstić information content (AvgIpc) is 2.65. The Morgan fingerprint density at radius 2 is 2.50 bits per heavy atom. The topological polar surface area (TPSA) is 57.6 Å². The van der Waals surface area contributed by atoms with E-state index in [2.05, 4.69) is 20.2 Å². The Labute approximate surface area is 94.2 Å². The van der Waals surface area contributed by atoms with Gasteiger partial charge < -0.3 is 10.2 Å². The largest absolute Gasteiger partial charge is 0.345 e. The van der Waals surface area contributed by atoms with E-state index in [1.54, 1.807) is 24.5 Å². The van der Waals surface area contributed by atoms with Crippen molar-refractivity contribution in [1.29, 1.82) is 0 Å². The number of urea groups is 1. The molecule has 16 heavy (non-hydrogen) atoms. The summed E-state index contributed by atoms with van der Waals surface area (Å²) in [7, 11) is 2.02. The number of carbonyl (C=O) groups is 1. The van der Waals surface area contributed by atoms with Crippen LogP contribution in [0.2, 0.25) is 0 Å². The summed E-state index contributed by atoms with van der Waals surface area (Å²) in [6.45, 7) is 1.75. The Morgan fingerprint density at radius 3 is 3.12 bits per heavy atom. The highest BCUT2D eigenvalue weighted by Gasteiger charge is 2.14. The molecule has 1 aliphatic heterocycles. The number of nitrogens with zero attached hydrogens (tertiary/aromatic N) is 3. The molecule has 1 aromatic heterocycles. The van der Waals surface area contributed by atoms with Crippen molar-refractivity contribution in [2.45, 2.75) is 6.42 Å². The van der Waals surface area contributed by atoms with Gasteiger partial charge in [0.15, 0.2) is 0 Å². The van der Waals surface area contributed by atoms with Crippen LogP contribution in [0.5, 0.6) is 0 Å². The van der Waals surface area contributed by atoms with Gasteiger partial charge in [0.05, 0.1) is 11.9 Å². The van der Waals surface area contributed by atoms with Crippen molar-refractivity contribution in [2.24, 2.45) is 4.99 Å². The Morgan fingerprint density at radius 1 is 1.62 bits per heavy atom. The zero-order chi connectivity index (χ0) is 11.4. The maximum Gasteiger partial charge on any atom is 0.345 e. The van der Waals surface area contributed by atoms with Gasteiger partial charge in [-0.1, -0.05) is 0 Å². The van der Waals surface area contributed by atoms with Gasteiger partial charge in [0.1, 0.15) is 0 Å². The number of amides is 2. The molecular formula is C11H14N4O. The predicted octanol–water partition coefficient (Wildman–Crippen LogP) is 1.39. The zero-order valence-electron chi connectivity index (χ0n) is 9.18. The second-order valence-electron chi connectivity index (χ2n) is 3.84. The number of nitrogens with one attached hydrogen (secondary N) is 1. The van der Waals surface area contributed by atoms with Gasteiger partial charge in [0, 0.05) is 25.0 Å². The Kier molecular flexibility index (Phi) is 3.26. The second kappa shape index (κ2) is 4.85. The quantitative estimate of drug-likeness (QED) is 0.775. The SMILES string of the molecule is CN1CCC(=NC(=O)Nc2cccnc2)C1. The van der Waals surface area contributed by atoms with E-state index in [-0.39, 0.29) is 6.03 Å². The van der Waals surface area contributed by atoms with Crippen LogP contribution < -0.4 is 5.32 Å². The van der Waals surface area contributed by atoms with Crippen LogP contribution in [0.1, 0.15) is 6.42 Å². The fourth-order valence-electron chi connectivity index (χ4n) is 1.61. The van der Waals surface area contributed by atoms with Crippen molar-refractivity contribution >= 4 is 17.4 Å². The molecule has 5 nitrogen and oxygen atoms in total. The van der Waals surface area contributed by atoms with Crippen LogP contribution in [-0.4, -0.2) is 41.8 Å². The Balaban J connectivity index is 1.94. The lowest BCUT2D eigenvalue weighted by Gasteiger charge is -2.03. The molecule has 2 amide bonds. The second-order valence-corrected chi connectivity index (χ2v) is 3.84. The monoisotopic (exact) mass is 218 g/mol. The fraction of sp³-hybridized carbons (Fsp3) is 0.364. The van der Waals surface area contributed by atoms with Crippen LogP contribution in [0, 0.1) is 0 Å². The van der Waals surface area contributed by atoms with Gasteiger partial charge in [0.2, 0.25) is 0 Å². The maximum absolute atomic E-state index is 11.5. The summed E-state index contributed by atoms with van der Waals surface area (Å²) in [6.07, 6.45) is 4.13. The molecule has 0 bridgehead atoms. The van der Waals surface area contributed by atoms with E-state index >= 15 is 0 Å². The van der Waals surface area contributed by atoms with Gasteiger partial charge in [-0.3, -0.25) is 4.98 Å².